The molecule has 3 nitrogen and oxygen atoms in total. The number of amides is 1. The quantitative estimate of drug-likeness (QED) is 0.715. The van der Waals surface area contributed by atoms with Crippen molar-refractivity contribution in [2.24, 2.45) is 17.1 Å². The Hall–Kier alpha value is -0.570. The summed E-state index contributed by atoms with van der Waals surface area (Å²) in [5.74, 6) is 0.405. The topological polar surface area (TPSA) is 46.3 Å². The fourth-order valence-electron chi connectivity index (χ4n) is 2.20. The molecule has 1 aliphatic heterocycles. The molecule has 2 N–H and O–H groups in total. The smallest absolute Gasteiger partial charge is 0.239 e. The molecule has 0 aromatic rings. The third-order valence-corrected chi connectivity index (χ3v) is 3.71. The molecule has 0 bridgehead atoms. The van der Waals surface area contributed by atoms with Crippen LogP contribution in [0, 0.1) is 11.3 Å². The first-order valence-electron chi connectivity index (χ1n) is 5.58. The average molecular weight is 196 g/mol. The fraction of sp³-hybridized carbons (Fsp3) is 0.909. The van der Waals surface area contributed by atoms with Gasteiger partial charge in [0.15, 0.2) is 0 Å². The number of rotatable bonds is 2. The highest BCUT2D eigenvalue weighted by Gasteiger charge is 2.49. The molecule has 1 aliphatic carbocycles. The molecule has 0 aromatic carbocycles. The molecule has 1 saturated heterocycles. The SMILES string of the molecule is CC(C)C(N)C(=O)N1CCC2(CC2)C1. The van der Waals surface area contributed by atoms with E-state index in [1.807, 2.05) is 18.7 Å². The van der Waals surface area contributed by atoms with Gasteiger partial charge in [-0.05, 0) is 30.6 Å². The van der Waals surface area contributed by atoms with Crippen LogP contribution >= 0.6 is 0 Å². The third-order valence-electron chi connectivity index (χ3n) is 3.71. The van der Waals surface area contributed by atoms with Gasteiger partial charge in [-0.2, -0.15) is 0 Å². The normalized spacial score (nSPS) is 25.9. The molecule has 14 heavy (non-hydrogen) atoms. The van der Waals surface area contributed by atoms with Gasteiger partial charge < -0.3 is 10.6 Å². The molecule has 0 radical (unpaired) electrons. The Labute approximate surface area is 85.6 Å². The van der Waals surface area contributed by atoms with Crippen molar-refractivity contribution >= 4 is 5.91 Å². The molecule has 1 amide bonds. The van der Waals surface area contributed by atoms with Crippen LogP contribution in [0.1, 0.15) is 33.1 Å². The number of nitrogens with zero attached hydrogens (tertiary/aromatic N) is 1. The monoisotopic (exact) mass is 196 g/mol. The molecule has 2 fully saturated rings. The lowest BCUT2D eigenvalue weighted by Crippen LogP contribution is -2.45. The summed E-state index contributed by atoms with van der Waals surface area (Å²) in [5, 5.41) is 0. The number of carbonyl (C=O) groups is 1. The van der Waals surface area contributed by atoms with Crippen molar-refractivity contribution in [1.82, 2.24) is 4.90 Å². The molecule has 1 saturated carbocycles. The Morgan fingerprint density at radius 2 is 2.00 bits per heavy atom. The lowest BCUT2D eigenvalue weighted by molar-refractivity contribution is -0.132. The van der Waals surface area contributed by atoms with Gasteiger partial charge in [-0.15, -0.1) is 0 Å². The number of carbonyl (C=O) groups excluding carboxylic acids is 1. The van der Waals surface area contributed by atoms with Gasteiger partial charge in [0.05, 0.1) is 6.04 Å². The van der Waals surface area contributed by atoms with E-state index in [0.29, 0.717) is 5.41 Å². The van der Waals surface area contributed by atoms with Crippen molar-refractivity contribution in [1.29, 1.82) is 0 Å². The fourth-order valence-corrected chi connectivity index (χ4v) is 2.20. The minimum Gasteiger partial charge on any atom is -0.341 e. The average Bonchev–Trinajstić information content (AvgIpc) is 2.74. The van der Waals surface area contributed by atoms with Crippen LogP contribution in [0.4, 0.5) is 0 Å². The van der Waals surface area contributed by atoms with Crippen LogP contribution in [0.3, 0.4) is 0 Å². The Bertz CT molecular complexity index is 246. The predicted molar refractivity (Wildman–Crippen MR) is 55.7 cm³/mol. The zero-order valence-electron chi connectivity index (χ0n) is 9.12. The minimum atomic E-state index is -0.302. The number of nitrogens with two attached hydrogens (primary N) is 1. The first kappa shape index (κ1) is 9.97. The summed E-state index contributed by atoms with van der Waals surface area (Å²) in [4.78, 5) is 13.9. The number of hydrogen-bond acceptors (Lipinski definition) is 2. The van der Waals surface area contributed by atoms with E-state index >= 15 is 0 Å². The lowest BCUT2D eigenvalue weighted by atomic mass is 10.0. The van der Waals surface area contributed by atoms with E-state index in [1.54, 1.807) is 0 Å². The van der Waals surface area contributed by atoms with Crippen molar-refractivity contribution < 1.29 is 4.79 Å². The van der Waals surface area contributed by atoms with E-state index in [2.05, 4.69) is 0 Å². The molecule has 1 spiro atoms. The summed E-state index contributed by atoms with van der Waals surface area (Å²) < 4.78 is 0. The molecule has 0 aromatic heterocycles. The van der Waals surface area contributed by atoms with E-state index in [1.165, 1.54) is 19.3 Å². The minimum absolute atomic E-state index is 0.156. The van der Waals surface area contributed by atoms with E-state index in [-0.39, 0.29) is 17.9 Å². The van der Waals surface area contributed by atoms with Crippen LogP contribution in [0.5, 0.6) is 0 Å². The number of likely N-dealkylation sites (tertiary alicyclic amines) is 1. The van der Waals surface area contributed by atoms with Gasteiger partial charge in [-0.25, -0.2) is 0 Å². The maximum absolute atomic E-state index is 11.9. The Morgan fingerprint density at radius 1 is 1.36 bits per heavy atom. The van der Waals surface area contributed by atoms with Gasteiger partial charge in [0.25, 0.3) is 0 Å². The second kappa shape index (κ2) is 3.23. The first-order chi connectivity index (χ1) is 6.54. The van der Waals surface area contributed by atoms with Crippen molar-refractivity contribution in [3.63, 3.8) is 0 Å². The highest BCUT2D eigenvalue weighted by atomic mass is 16.2. The summed E-state index contributed by atoms with van der Waals surface area (Å²) >= 11 is 0. The van der Waals surface area contributed by atoms with Crippen molar-refractivity contribution in [3.8, 4) is 0 Å². The van der Waals surface area contributed by atoms with Crippen LogP contribution in [0.15, 0.2) is 0 Å². The van der Waals surface area contributed by atoms with Crippen molar-refractivity contribution in [2.75, 3.05) is 13.1 Å². The zero-order chi connectivity index (χ0) is 10.3. The van der Waals surface area contributed by atoms with E-state index < -0.39 is 0 Å². The third kappa shape index (κ3) is 1.65. The molecular weight excluding hydrogens is 176 g/mol. The molecule has 1 heterocycles. The van der Waals surface area contributed by atoms with Crippen LogP contribution in [0.25, 0.3) is 0 Å². The molecule has 1 unspecified atom stereocenters. The summed E-state index contributed by atoms with van der Waals surface area (Å²) in [7, 11) is 0. The Kier molecular flexibility index (Phi) is 2.30. The number of hydrogen-bond donors (Lipinski definition) is 1. The standard InChI is InChI=1S/C11H20N2O/c1-8(2)9(12)10(14)13-6-5-11(7-13)3-4-11/h8-9H,3-7,12H2,1-2H3. The molecule has 3 heteroatoms. The van der Waals surface area contributed by atoms with E-state index in [0.717, 1.165) is 13.1 Å². The first-order valence-corrected chi connectivity index (χ1v) is 5.58. The summed E-state index contributed by atoms with van der Waals surface area (Å²) in [5.41, 5.74) is 6.38. The largest absolute Gasteiger partial charge is 0.341 e. The Morgan fingerprint density at radius 3 is 2.43 bits per heavy atom. The second-order valence-electron chi connectivity index (χ2n) is 5.28. The summed E-state index contributed by atoms with van der Waals surface area (Å²) in [6, 6.07) is -0.302. The van der Waals surface area contributed by atoms with E-state index in [9.17, 15) is 4.79 Å². The zero-order valence-corrected chi connectivity index (χ0v) is 9.12. The van der Waals surface area contributed by atoms with Gasteiger partial charge in [0.1, 0.15) is 0 Å². The second-order valence-corrected chi connectivity index (χ2v) is 5.28. The van der Waals surface area contributed by atoms with Crippen LogP contribution in [0.2, 0.25) is 0 Å². The molecule has 80 valence electrons. The van der Waals surface area contributed by atoms with Crippen molar-refractivity contribution in [2.45, 2.75) is 39.2 Å². The highest BCUT2D eigenvalue weighted by Crippen LogP contribution is 2.52. The maximum Gasteiger partial charge on any atom is 0.239 e. The summed E-state index contributed by atoms with van der Waals surface area (Å²) in [6.45, 7) is 5.91. The van der Waals surface area contributed by atoms with Crippen LogP contribution in [-0.4, -0.2) is 29.9 Å². The van der Waals surface area contributed by atoms with Gasteiger partial charge in [-0.1, -0.05) is 13.8 Å². The molecule has 2 rings (SSSR count). The van der Waals surface area contributed by atoms with Crippen LogP contribution in [-0.2, 0) is 4.79 Å². The highest BCUT2D eigenvalue weighted by molar-refractivity contribution is 5.82. The van der Waals surface area contributed by atoms with Gasteiger partial charge in [0.2, 0.25) is 5.91 Å². The van der Waals surface area contributed by atoms with Crippen LogP contribution < -0.4 is 5.73 Å². The predicted octanol–water partition coefficient (Wildman–Crippen LogP) is 0.982. The summed E-state index contributed by atoms with van der Waals surface area (Å²) in [6.07, 6.45) is 3.82. The maximum atomic E-state index is 11.9. The van der Waals surface area contributed by atoms with Crippen molar-refractivity contribution in [3.05, 3.63) is 0 Å². The van der Waals surface area contributed by atoms with Gasteiger partial charge in [-0.3, -0.25) is 4.79 Å². The van der Waals surface area contributed by atoms with Gasteiger partial charge in [0, 0.05) is 13.1 Å². The lowest BCUT2D eigenvalue weighted by Gasteiger charge is -2.23. The molecular formula is C11H20N2O. The van der Waals surface area contributed by atoms with E-state index in [4.69, 9.17) is 5.73 Å². The molecule has 2 aliphatic rings. The van der Waals surface area contributed by atoms with Gasteiger partial charge >= 0.3 is 0 Å². The molecule has 1 atom stereocenters. The Balaban J connectivity index is 1.92.